The first kappa shape index (κ1) is 37.8. The second-order valence-corrected chi connectivity index (χ2v) is 18.0. The van der Waals surface area contributed by atoms with E-state index >= 15 is 0 Å². The van der Waals surface area contributed by atoms with Crippen molar-refractivity contribution in [1.29, 1.82) is 0 Å². The number of nitrogens with zero attached hydrogens (tertiary/aromatic N) is 1. The highest BCUT2D eigenvalue weighted by Crippen LogP contribution is 2.51. The van der Waals surface area contributed by atoms with Crippen LogP contribution in [-0.2, 0) is 6.42 Å². The van der Waals surface area contributed by atoms with Crippen LogP contribution in [-0.4, -0.2) is 10.7 Å². The van der Waals surface area contributed by atoms with Crippen molar-refractivity contribution < 1.29 is 9.15 Å². The van der Waals surface area contributed by atoms with Crippen molar-refractivity contribution in [3.63, 3.8) is 0 Å². The van der Waals surface area contributed by atoms with Gasteiger partial charge in [0.1, 0.15) is 23.0 Å². The summed E-state index contributed by atoms with van der Waals surface area (Å²) in [7, 11) is 0. The van der Waals surface area contributed by atoms with E-state index in [-0.39, 0.29) is 12.0 Å². The maximum Gasteiger partial charge on any atom is 0.137 e. The Labute approximate surface area is 388 Å². The van der Waals surface area contributed by atoms with Gasteiger partial charge in [-0.3, -0.25) is 0 Å². The molecule has 4 aliphatic rings. The third-order valence-corrected chi connectivity index (χ3v) is 14.3. The first-order valence-corrected chi connectivity index (χ1v) is 23.2. The molecular weight excluding hydrogens is 815 g/mol. The highest BCUT2D eigenvalue weighted by atomic mass is 16.5. The minimum absolute atomic E-state index is 0.0233. The fourth-order valence-electron chi connectivity index (χ4n) is 11.3. The molecule has 0 fully saturated rings. The minimum Gasteiger partial charge on any atom is -0.485 e. The van der Waals surface area contributed by atoms with E-state index in [9.17, 15) is 0 Å². The largest absolute Gasteiger partial charge is 0.485 e. The normalized spacial score (nSPS) is 17.2. The van der Waals surface area contributed by atoms with E-state index in [0.29, 0.717) is 0 Å². The zero-order valence-corrected chi connectivity index (χ0v) is 36.5. The van der Waals surface area contributed by atoms with Crippen molar-refractivity contribution in [1.82, 2.24) is 4.57 Å². The molecule has 2 unspecified atom stereocenters. The molecule has 0 saturated heterocycles. The van der Waals surface area contributed by atoms with Gasteiger partial charge in [0, 0.05) is 51.2 Å². The molecule has 0 radical (unpaired) electrons. The Morgan fingerprint density at radius 3 is 2.40 bits per heavy atom. The van der Waals surface area contributed by atoms with Gasteiger partial charge in [0.05, 0.1) is 11.0 Å². The summed E-state index contributed by atoms with van der Waals surface area (Å²) >= 11 is 0. The van der Waals surface area contributed by atoms with Gasteiger partial charge in [-0.05, 0) is 134 Å². The summed E-state index contributed by atoms with van der Waals surface area (Å²) in [5.74, 6) is 7.58. The van der Waals surface area contributed by atoms with Crippen molar-refractivity contribution >= 4 is 61.0 Å². The van der Waals surface area contributed by atoms with Crippen LogP contribution in [0.1, 0.15) is 40.2 Å². The van der Waals surface area contributed by atoms with E-state index < -0.39 is 0 Å². The van der Waals surface area contributed by atoms with Gasteiger partial charge in [0.2, 0.25) is 0 Å². The Kier molecular flexibility index (Phi) is 8.45. The zero-order valence-electron chi connectivity index (χ0n) is 36.5. The fourth-order valence-corrected chi connectivity index (χ4v) is 11.3. The molecule has 2 atom stereocenters. The predicted octanol–water partition coefficient (Wildman–Crippen LogP) is 16.1. The van der Waals surface area contributed by atoms with Crippen LogP contribution in [0.2, 0.25) is 0 Å². The van der Waals surface area contributed by atoms with Crippen molar-refractivity contribution in [2.24, 2.45) is 0 Å². The highest BCUT2D eigenvalue weighted by Gasteiger charge is 2.33. The predicted molar refractivity (Wildman–Crippen MR) is 277 cm³/mol. The average Bonchev–Trinajstić information content (AvgIpc) is 3.97. The number of allylic oxidation sites excluding steroid dienone is 7. The quantitative estimate of drug-likeness (QED) is 0.161. The number of hydrogen-bond donors (Lipinski definition) is 0. The molecule has 0 N–H and O–H groups in total. The Morgan fingerprint density at radius 2 is 1.43 bits per heavy atom. The maximum atomic E-state index is 6.63. The molecule has 14 rings (SSSR count). The molecule has 3 nitrogen and oxygen atoms in total. The first-order valence-electron chi connectivity index (χ1n) is 23.2. The maximum absolute atomic E-state index is 6.63. The average molecular weight is 856 g/mol. The lowest BCUT2D eigenvalue weighted by Gasteiger charge is -2.24. The van der Waals surface area contributed by atoms with Crippen LogP contribution in [0.15, 0.2) is 211 Å². The van der Waals surface area contributed by atoms with Gasteiger partial charge in [-0.2, -0.15) is 0 Å². The Hall–Kier alpha value is -8.58. The monoisotopic (exact) mass is 855 g/mol. The van der Waals surface area contributed by atoms with E-state index in [0.717, 1.165) is 62.8 Å². The minimum atomic E-state index is 0.0233. The molecular formula is C64H41NO2. The summed E-state index contributed by atoms with van der Waals surface area (Å²) in [6.45, 7) is 0. The van der Waals surface area contributed by atoms with Gasteiger partial charge < -0.3 is 13.7 Å². The lowest BCUT2D eigenvalue weighted by atomic mass is 9.79. The summed E-state index contributed by atoms with van der Waals surface area (Å²) in [5, 5.41) is 4.70. The van der Waals surface area contributed by atoms with Crippen LogP contribution >= 0.6 is 0 Å². The number of aromatic nitrogens is 1. The molecule has 0 saturated carbocycles. The zero-order chi connectivity index (χ0) is 44.0. The second-order valence-electron chi connectivity index (χ2n) is 18.0. The van der Waals surface area contributed by atoms with Crippen LogP contribution in [0, 0.1) is 11.8 Å². The van der Waals surface area contributed by atoms with E-state index in [1.807, 2.05) is 12.1 Å². The molecule has 3 aliphatic carbocycles. The van der Waals surface area contributed by atoms with Gasteiger partial charge in [0.25, 0.3) is 0 Å². The van der Waals surface area contributed by atoms with Crippen LogP contribution in [0.5, 0.6) is 5.75 Å². The van der Waals surface area contributed by atoms with Crippen molar-refractivity contribution in [3.8, 4) is 56.7 Å². The Balaban J connectivity index is 1.02. The lowest BCUT2D eigenvalue weighted by Crippen LogP contribution is -2.15. The summed E-state index contributed by atoms with van der Waals surface area (Å²) in [6.07, 6.45) is 19.0. The molecule has 10 aromatic rings. The van der Waals surface area contributed by atoms with Gasteiger partial charge in [-0.15, -0.1) is 0 Å². The number of benzene rings is 8. The van der Waals surface area contributed by atoms with Gasteiger partial charge in [-0.1, -0.05) is 157 Å². The van der Waals surface area contributed by atoms with Crippen LogP contribution in [0.3, 0.4) is 0 Å². The summed E-state index contributed by atoms with van der Waals surface area (Å²) < 4.78 is 15.6. The molecule has 314 valence electrons. The second kappa shape index (κ2) is 15.0. The first-order chi connectivity index (χ1) is 33.2. The van der Waals surface area contributed by atoms with Crippen molar-refractivity contribution in [3.05, 3.63) is 234 Å². The van der Waals surface area contributed by atoms with E-state index in [2.05, 4.69) is 217 Å². The lowest BCUT2D eigenvalue weighted by molar-refractivity contribution is 0.269. The van der Waals surface area contributed by atoms with E-state index in [1.165, 1.54) is 77.6 Å². The summed E-state index contributed by atoms with van der Waals surface area (Å²) in [4.78, 5) is 0. The molecule has 0 bridgehead atoms. The van der Waals surface area contributed by atoms with Crippen LogP contribution in [0.25, 0.3) is 100 Å². The molecule has 0 amide bonds. The summed E-state index contributed by atoms with van der Waals surface area (Å²) in [6, 6.07) is 60.1. The number of rotatable bonds is 5. The van der Waals surface area contributed by atoms with Crippen LogP contribution in [0.4, 0.5) is 0 Å². The van der Waals surface area contributed by atoms with Crippen molar-refractivity contribution in [2.75, 3.05) is 0 Å². The molecule has 67 heavy (non-hydrogen) atoms. The van der Waals surface area contributed by atoms with Crippen molar-refractivity contribution in [2.45, 2.75) is 24.9 Å². The number of furan rings is 1. The molecule has 3 heterocycles. The van der Waals surface area contributed by atoms with Gasteiger partial charge in [-0.25, -0.2) is 0 Å². The smallest absolute Gasteiger partial charge is 0.137 e. The van der Waals surface area contributed by atoms with Gasteiger partial charge >= 0.3 is 0 Å². The van der Waals surface area contributed by atoms with Crippen LogP contribution < -0.4 is 4.74 Å². The standard InChI is InChI=1S/C64H41NO2/c1-2-5-16-41(15-4-1)47-30-27-40(36-55(47)42-17-6-3-7-18-42)35-45-37-43-19-8-9-20-48(43)62-50(45)33-34-57-64(62)63-49(44-28-31-53-51-21-10-12-25-58(51)66-60(53)38-44)23-14-24-56(63)65(57)46-29-32-54-52-22-11-13-26-59(52)67-61(54)39-46/h3-4,6-36,38-39,51,58H,5,37H2/b45-35-. The molecule has 0 spiro atoms. The topological polar surface area (TPSA) is 27.3 Å². The molecule has 3 heteroatoms. The third-order valence-electron chi connectivity index (χ3n) is 14.3. The summed E-state index contributed by atoms with van der Waals surface area (Å²) in [5.41, 5.74) is 21.0. The molecule has 1 aliphatic heterocycles. The Morgan fingerprint density at radius 1 is 0.597 bits per heavy atom. The number of hydrogen-bond acceptors (Lipinski definition) is 2. The van der Waals surface area contributed by atoms with Gasteiger partial charge in [0.15, 0.2) is 0 Å². The van der Waals surface area contributed by atoms with E-state index in [1.54, 1.807) is 0 Å². The molecule has 8 aromatic carbocycles. The number of ether oxygens (including phenoxy) is 1. The highest BCUT2D eigenvalue weighted by molar-refractivity contribution is 6.23. The number of fused-ring (bicyclic) bond motifs is 13. The Bertz CT molecular complexity index is 3970. The molecule has 2 aromatic heterocycles. The SMILES string of the molecule is C1#CCC=C(c2ccc(/C=C3/Cc4ccccc4-c4c3ccc3c4c4c(-c5ccc6c(c5)OC5C=CC=CC65)cccc4n3-c3ccc4c(c3)oc3ccccc34)cc2-c2ccccc2)C=C1. The van der Waals surface area contributed by atoms with E-state index in [4.69, 9.17) is 9.15 Å². The fraction of sp³-hybridized carbons (Fsp3) is 0.0625. The third kappa shape index (κ3) is 6.00. The number of para-hydroxylation sites is 1.